The number of carbonyl (C=O) groups is 1. The van der Waals surface area contributed by atoms with Crippen molar-refractivity contribution in [3.05, 3.63) is 24.3 Å². The quantitative estimate of drug-likeness (QED) is 0.916. The van der Waals surface area contributed by atoms with Gasteiger partial charge in [-0.25, -0.2) is 0 Å². The summed E-state index contributed by atoms with van der Waals surface area (Å²) in [5.41, 5.74) is 0. The molecule has 0 aliphatic carbocycles. The average Bonchev–Trinajstić information content (AvgIpc) is 3.16. The molecule has 8 heteroatoms. The number of carbonyl (C=O) groups excluding carboxylic acids is 1. The predicted octanol–water partition coefficient (Wildman–Crippen LogP) is 1.50. The van der Waals surface area contributed by atoms with Gasteiger partial charge in [0.1, 0.15) is 0 Å². The molecule has 2 aromatic rings. The Bertz CT molecular complexity index is 599. The van der Waals surface area contributed by atoms with Crippen LogP contribution in [0.3, 0.4) is 0 Å². The van der Waals surface area contributed by atoms with Crippen LogP contribution in [-0.4, -0.2) is 46.6 Å². The molecule has 0 unspecified atom stereocenters. The van der Waals surface area contributed by atoms with Gasteiger partial charge >= 0.3 is 0 Å². The number of hydrogen-bond donors (Lipinski definition) is 1. The largest absolute Gasteiger partial charge is 0.461 e. The van der Waals surface area contributed by atoms with Gasteiger partial charge in [-0.2, -0.15) is 4.98 Å². The van der Waals surface area contributed by atoms with E-state index >= 15 is 0 Å². The van der Waals surface area contributed by atoms with Crippen LogP contribution < -0.4 is 5.32 Å². The highest BCUT2D eigenvalue weighted by Crippen LogP contribution is 2.16. The van der Waals surface area contributed by atoms with Gasteiger partial charge in [0.05, 0.1) is 6.26 Å². The molecule has 0 radical (unpaired) electrons. The maximum atomic E-state index is 12.2. The van der Waals surface area contributed by atoms with E-state index in [2.05, 4.69) is 15.5 Å². The lowest BCUT2D eigenvalue weighted by Crippen LogP contribution is -2.52. The summed E-state index contributed by atoms with van der Waals surface area (Å²) in [6.07, 6.45) is 2.38. The van der Waals surface area contributed by atoms with E-state index in [-0.39, 0.29) is 24.4 Å². The van der Waals surface area contributed by atoms with E-state index in [1.807, 2.05) is 11.8 Å². The first kappa shape index (κ1) is 16.5. The van der Waals surface area contributed by atoms with Crippen LogP contribution in [-0.2, 0) is 11.2 Å². The smallest absolute Gasteiger partial charge is 0.238 e. The normalized spacial score (nSPS) is 18.0. The molecule has 1 fully saturated rings. The molecule has 22 heavy (non-hydrogen) atoms. The Kier molecular flexibility index (Phi) is 5.57. The van der Waals surface area contributed by atoms with Crippen molar-refractivity contribution < 1.29 is 13.7 Å². The van der Waals surface area contributed by atoms with Crippen molar-refractivity contribution in [3.8, 4) is 11.6 Å². The summed E-state index contributed by atoms with van der Waals surface area (Å²) in [6, 6.07) is 3.76. The highest BCUT2D eigenvalue weighted by atomic mass is 35.5. The van der Waals surface area contributed by atoms with Gasteiger partial charge in [0.15, 0.2) is 5.76 Å². The number of piperazine rings is 1. The Morgan fingerprint density at radius 3 is 3.14 bits per heavy atom. The molecule has 1 amide bonds. The van der Waals surface area contributed by atoms with Crippen molar-refractivity contribution >= 4 is 18.3 Å². The van der Waals surface area contributed by atoms with Crippen molar-refractivity contribution in [2.75, 3.05) is 19.6 Å². The number of amides is 1. The molecule has 0 spiro atoms. The van der Waals surface area contributed by atoms with Crippen molar-refractivity contribution in [2.45, 2.75) is 25.8 Å². The van der Waals surface area contributed by atoms with E-state index in [9.17, 15) is 4.79 Å². The van der Waals surface area contributed by atoms with Gasteiger partial charge in [-0.3, -0.25) is 4.79 Å². The standard InChI is InChI=1S/C14H18N4O3.ClH/c1-10-9-15-6-7-18(10)13(19)5-4-12-16-14(17-21-12)11-3-2-8-20-11;/h2-3,8,10,15H,4-7,9H2,1H3;1H/t10-;/m1./s1. The fraction of sp³-hybridized carbons (Fsp3) is 0.500. The zero-order valence-electron chi connectivity index (χ0n) is 12.3. The highest BCUT2D eigenvalue weighted by molar-refractivity contribution is 5.85. The fourth-order valence-electron chi connectivity index (χ4n) is 2.43. The molecule has 1 saturated heterocycles. The lowest BCUT2D eigenvalue weighted by molar-refractivity contribution is -0.134. The monoisotopic (exact) mass is 326 g/mol. The van der Waals surface area contributed by atoms with Crippen molar-refractivity contribution in [1.82, 2.24) is 20.4 Å². The Hall–Kier alpha value is -1.86. The lowest BCUT2D eigenvalue weighted by Gasteiger charge is -2.34. The Balaban J connectivity index is 0.00000176. The Morgan fingerprint density at radius 1 is 1.55 bits per heavy atom. The summed E-state index contributed by atoms with van der Waals surface area (Å²) < 4.78 is 10.3. The molecular formula is C14H19ClN4O3. The van der Waals surface area contributed by atoms with Crippen LogP contribution in [0.25, 0.3) is 11.6 Å². The van der Waals surface area contributed by atoms with Crippen molar-refractivity contribution in [3.63, 3.8) is 0 Å². The summed E-state index contributed by atoms with van der Waals surface area (Å²) in [7, 11) is 0. The first-order valence-corrected chi connectivity index (χ1v) is 7.10. The predicted molar refractivity (Wildman–Crippen MR) is 81.6 cm³/mol. The molecule has 1 aliphatic heterocycles. The first-order chi connectivity index (χ1) is 10.2. The Labute approximate surface area is 134 Å². The SMILES string of the molecule is C[C@@H]1CNCCN1C(=O)CCc1nc(-c2ccco2)no1.Cl. The summed E-state index contributed by atoms with van der Waals surface area (Å²) in [4.78, 5) is 18.3. The topological polar surface area (TPSA) is 84.4 Å². The number of aromatic nitrogens is 2. The zero-order valence-corrected chi connectivity index (χ0v) is 13.1. The van der Waals surface area contributed by atoms with Gasteiger partial charge in [-0.15, -0.1) is 12.4 Å². The number of aryl methyl sites for hydroxylation is 1. The molecule has 1 N–H and O–H groups in total. The number of rotatable bonds is 4. The number of nitrogens with zero attached hydrogens (tertiary/aromatic N) is 3. The minimum Gasteiger partial charge on any atom is -0.461 e. The zero-order chi connectivity index (χ0) is 14.7. The van der Waals surface area contributed by atoms with Gasteiger partial charge in [-0.05, 0) is 19.1 Å². The van der Waals surface area contributed by atoms with Gasteiger partial charge in [0.25, 0.3) is 0 Å². The van der Waals surface area contributed by atoms with E-state index in [0.29, 0.717) is 30.3 Å². The second-order valence-corrected chi connectivity index (χ2v) is 5.13. The van der Waals surface area contributed by atoms with E-state index in [0.717, 1.165) is 19.6 Å². The van der Waals surface area contributed by atoms with Crippen LogP contribution in [0.1, 0.15) is 19.2 Å². The van der Waals surface area contributed by atoms with Crippen molar-refractivity contribution in [1.29, 1.82) is 0 Å². The number of furan rings is 1. The molecule has 1 aliphatic rings. The third-order valence-electron chi connectivity index (χ3n) is 3.58. The second-order valence-electron chi connectivity index (χ2n) is 5.13. The molecule has 3 rings (SSSR count). The summed E-state index contributed by atoms with van der Waals surface area (Å²) in [5, 5.41) is 7.12. The minimum atomic E-state index is 0. The summed E-state index contributed by atoms with van der Waals surface area (Å²) >= 11 is 0. The molecule has 3 heterocycles. The molecular weight excluding hydrogens is 308 g/mol. The maximum Gasteiger partial charge on any atom is 0.238 e. The van der Waals surface area contributed by atoms with Crippen LogP contribution in [0.4, 0.5) is 0 Å². The van der Waals surface area contributed by atoms with E-state index < -0.39 is 0 Å². The third-order valence-corrected chi connectivity index (χ3v) is 3.58. The molecule has 7 nitrogen and oxygen atoms in total. The molecule has 1 atom stereocenters. The number of hydrogen-bond acceptors (Lipinski definition) is 6. The van der Waals surface area contributed by atoms with E-state index in [1.165, 1.54) is 0 Å². The third kappa shape index (κ3) is 3.66. The Morgan fingerprint density at radius 2 is 2.41 bits per heavy atom. The van der Waals surface area contributed by atoms with Crippen LogP contribution in [0.2, 0.25) is 0 Å². The first-order valence-electron chi connectivity index (χ1n) is 7.10. The second kappa shape index (κ2) is 7.42. The van der Waals surface area contributed by atoms with Gasteiger partial charge in [0.2, 0.25) is 17.6 Å². The van der Waals surface area contributed by atoms with E-state index in [4.69, 9.17) is 8.94 Å². The molecule has 0 saturated carbocycles. The van der Waals surface area contributed by atoms with Gasteiger partial charge < -0.3 is 19.2 Å². The molecule has 2 aromatic heterocycles. The van der Waals surface area contributed by atoms with Gasteiger partial charge in [0, 0.05) is 38.5 Å². The summed E-state index contributed by atoms with van der Waals surface area (Å²) in [5.74, 6) is 1.56. The highest BCUT2D eigenvalue weighted by Gasteiger charge is 2.23. The lowest BCUT2D eigenvalue weighted by atomic mass is 10.2. The van der Waals surface area contributed by atoms with Crippen molar-refractivity contribution in [2.24, 2.45) is 0 Å². The van der Waals surface area contributed by atoms with E-state index in [1.54, 1.807) is 18.4 Å². The number of nitrogens with one attached hydrogen (secondary N) is 1. The van der Waals surface area contributed by atoms with Crippen LogP contribution in [0.15, 0.2) is 27.3 Å². The van der Waals surface area contributed by atoms with Gasteiger partial charge in [-0.1, -0.05) is 5.16 Å². The number of halogens is 1. The van der Waals surface area contributed by atoms with Crippen LogP contribution in [0, 0.1) is 0 Å². The van der Waals surface area contributed by atoms with Crippen LogP contribution >= 0.6 is 12.4 Å². The maximum absolute atomic E-state index is 12.2. The fourth-order valence-corrected chi connectivity index (χ4v) is 2.43. The molecule has 0 aromatic carbocycles. The van der Waals surface area contributed by atoms with Crippen LogP contribution in [0.5, 0.6) is 0 Å². The molecule has 0 bridgehead atoms. The minimum absolute atomic E-state index is 0. The average molecular weight is 327 g/mol. The summed E-state index contributed by atoms with van der Waals surface area (Å²) in [6.45, 7) is 4.49. The molecule has 120 valence electrons.